The molecule has 0 aromatic heterocycles. The normalized spacial score (nSPS) is 13.8. The summed E-state index contributed by atoms with van der Waals surface area (Å²) in [6.45, 7) is 19.8. The third-order valence-corrected chi connectivity index (χ3v) is 6.35. The lowest BCUT2D eigenvalue weighted by atomic mass is 10.00. The number of phenols is 1. The van der Waals surface area contributed by atoms with Crippen LogP contribution in [0.5, 0.6) is 5.75 Å². The highest BCUT2D eigenvalue weighted by atomic mass is 32.2. The Labute approximate surface area is 216 Å². The number of benzene rings is 1. The summed E-state index contributed by atoms with van der Waals surface area (Å²) in [6, 6.07) is 3.95. The quantitative estimate of drug-likeness (QED) is 0.401. The fourth-order valence-corrected chi connectivity index (χ4v) is 4.26. The van der Waals surface area contributed by atoms with Crippen LogP contribution in [0.2, 0.25) is 0 Å². The van der Waals surface area contributed by atoms with Gasteiger partial charge in [-0.3, -0.25) is 9.59 Å². The highest BCUT2D eigenvalue weighted by molar-refractivity contribution is 7.81. The van der Waals surface area contributed by atoms with Gasteiger partial charge in [0.05, 0.1) is 17.6 Å². The van der Waals surface area contributed by atoms with Crippen LogP contribution < -0.4 is 0 Å². The molecule has 8 heteroatoms. The van der Waals surface area contributed by atoms with E-state index < -0.39 is 11.0 Å². The van der Waals surface area contributed by atoms with Crippen LogP contribution in [0.25, 0.3) is 0 Å². The molecule has 1 amide bonds. The van der Waals surface area contributed by atoms with Gasteiger partial charge >= 0.3 is 5.97 Å². The molecule has 0 bridgehead atoms. The van der Waals surface area contributed by atoms with Crippen LogP contribution in [0.4, 0.5) is 0 Å². The molecule has 1 aromatic carbocycles. The maximum Gasteiger partial charge on any atom is 0.302 e. The van der Waals surface area contributed by atoms with E-state index in [-0.39, 0.29) is 5.97 Å². The highest BCUT2D eigenvalue weighted by Gasteiger charge is 2.12. The molecule has 0 radical (unpaired) electrons. The predicted molar refractivity (Wildman–Crippen MR) is 147 cm³/mol. The van der Waals surface area contributed by atoms with Gasteiger partial charge in [-0.1, -0.05) is 38.5 Å². The van der Waals surface area contributed by atoms with Crippen LogP contribution in [0.15, 0.2) is 12.1 Å². The minimum Gasteiger partial charge on any atom is -0.507 e. The van der Waals surface area contributed by atoms with Gasteiger partial charge in [0.25, 0.3) is 0 Å². The zero-order chi connectivity index (χ0) is 27.4. The molecule has 0 aliphatic carbocycles. The van der Waals surface area contributed by atoms with E-state index in [1.54, 1.807) is 13.2 Å². The number of aromatic hydroxyl groups is 1. The third-order valence-electron chi connectivity index (χ3n) is 5.26. The first-order valence-corrected chi connectivity index (χ1v) is 14.1. The molecule has 1 aliphatic heterocycles. The molecule has 0 saturated carbocycles. The monoisotopic (exact) mass is 514 g/mol. The van der Waals surface area contributed by atoms with Gasteiger partial charge in [0.2, 0.25) is 6.41 Å². The summed E-state index contributed by atoms with van der Waals surface area (Å²) in [4.78, 5) is 21.9. The van der Waals surface area contributed by atoms with Crippen molar-refractivity contribution in [2.45, 2.75) is 81.1 Å². The number of carbonyl (C=O) groups excluding carboxylic acids is 2. The van der Waals surface area contributed by atoms with Gasteiger partial charge < -0.3 is 14.7 Å². The molecule has 1 saturated heterocycles. The largest absolute Gasteiger partial charge is 0.507 e. The van der Waals surface area contributed by atoms with Crippen LogP contribution in [-0.2, 0) is 25.3 Å². The lowest BCUT2D eigenvalue weighted by Gasteiger charge is -2.26. The van der Waals surface area contributed by atoms with Gasteiger partial charge in [0.15, 0.2) is 0 Å². The Bertz CT molecular complexity index is 705. The van der Waals surface area contributed by atoms with Gasteiger partial charge in [0, 0.05) is 39.4 Å². The number of nitrogens with zero attached hydrogens (tertiary/aromatic N) is 2. The molecule has 1 heterocycles. The van der Waals surface area contributed by atoms with E-state index in [1.165, 1.54) is 25.3 Å². The second-order valence-electron chi connectivity index (χ2n) is 8.85. The molecule has 1 atom stereocenters. The summed E-state index contributed by atoms with van der Waals surface area (Å²) in [5.41, 5.74) is 3.11. The number of aryl methyl sites for hydroxylation is 3. The molecular weight excluding hydrogens is 464 g/mol. The van der Waals surface area contributed by atoms with Gasteiger partial charge in [-0.15, -0.1) is 0 Å². The first-order chi connectivity index (χ1) is 16.4. The highest BCUT2D eigenvalue weighted by Crippen LogP contribution is 2.22. The van der Waals surface area contributed by atoms with Gasteiger partial charge in [-0.05, 0) is 70.4 Å². The number of ether oxygens (including phenoxy) is 1. The zero-order valence-electron chi connectivity index (χ0n) is 23.6. The van der Waals surface area contributed by atoms with Crippen LogP contribution in [0.3, 0.4) is 0 Å². The maximum atomic E-state index is 11.0. The van der Waals surface area contributed by atoms with E-state index in [1.807, 2.05) is 42.1 Å². The molecule has 1 unspecified atom stereocenters. The van der Waals surface area contributed by atoms with Crippen molar-refractivity contribution in [1.29, 1.82) is 0 Å². The Morgan fingerprint density at radius 2 is 1.57 bits per heavy atom. The number of piperidine rings is 1. The summed E-state index contributed by atoms with van der Waals surface area (Å²) in [6.07, 6.45) is 7.22. The summed E-state index contributed by atoms with van der Waals surface area (Å²) in [5.74, 6) is 1.03. The number of esters is 1. The van der Waals surface area contributed by atoms with Crippen molar-refractivity contribution >= 4 is 23.4 Å². The fourth-order valence-electron chi connectivity index (χ4n) is 3.38. The molecule has 7 nitrogen and oxygen atoms in total. The number of hydrogen-bond donors (Lipinski definition) is 1. The van der Waals surface area contributed by atoms with Crippen molar-refractivity contribution in [2.75, 3.05) is 39.0 Å². The predicted octanol–water partition coefficient (Wildman–Crippen LogP) is 5.16. The Kier molecular flexibility index (Phi) is 21.5. The minimum absolute atomic E-state index is 0.211. The lowest BCUT2D eigenvalue weighted by molar-refractivity contribution is -0.140. The molecule has 1 aliphatic rings. The van der Waals surface area contributed by atoms with E-state index >= 15 is 0 Å². The molecular formula is C27H50N2O5S. The molecule has 204 valence electrons. The Hall–Kier alpha value is -1.93. The molecule has 1 N–H and O–H groups in total. The number of carbonyl (C=O) groups is 2. The van der Waals surface area contributed by atoms with Crippen molar-refractivity contribution < 1.29 is 23.6 Å². The van der Waals surface area contributed by atoms with Crippen LogP contribution >= 0.6 is 0 Å². The van der Waals surface area contributed by atoms with E-state index in [0.717, 1.165) is 62.5 Å². The van der Waals surface area contributed by atoms with E-state index in [9.17, 15) is 18.9 Å². The van der Waals surface area contributed by atoms with Crippen molar-refractivity contribution in [3.05, 3.63) is 28.8 Å². The van der Waals surface area contributed by atoms with Gasteiger partial charge in [-0.2, -0.15) is 0 Å². The van der Waals surface area contributed by atoms with Crippen molar-refractivity contribution in [2.24, 2.45) is 5.92 Å². The number of amides is 1. The van der Waals surface area contributed by atoms with E-state index in [0.29, 0.717) is 12.4 Å². The SMILES string of the molecule is CC1CCN(C=O)CC1.CCCN(CCC)S(C)=O.CCOC(C)=O.Cc1cc(C)c(O)c(C)c1. The smallest absolute Gasteiger partial charge is 0.302 e. The first-order valence-electron chi connectivity index (χ1n) is 12.6. The number of hydrogen-bond acceptors (Lipinski definition) is 5. The number of phenolic OH excluding ortho intramolecular Hbond substituents is 1. The van der Waals surface area contributed by atoms with Gasteiger partial charge in [-0.25, -0.2) is 8.51 Å². The Morgan fingerprint density at radius 1 is 1.11 bits per heavy atom. The van der Waals surface area contributed by atoms with Crippen molar-refractivity contribution in [3.63, 3.8) is 0 Å². The summed E-state index contributed by atoms with van der Waals surface area (Å²) >= 11 is 0. The Morgan fingerprint density at radius 3 is 1.86 bits per heavy atom. The average Bonchev–Trinajstić information content (AvgIpc) is 2.79. The summed E-state index contributed by atoms with van der Waals surface area (Å²) in [7, 11) is -0.770. The fraction of sp³-hybridized carbons (Fsp3) is 0.704. The van der Waals surface area contributed by atoms with Crippen molar-refractivity contribution in [1.82, 2.24) is 9.21 Å². The van der Waals surface area contributed by atoms with Crippen LogP contribution in [0.1, 0.15) is 77.0 Å². The number of rotatable bonds is 7. The van der Waals surface area contributed by atoms with Crippen LogP contribution in [-0.4, -0.2) is 69.9 Å². The van der Waals surface area contributed by atoms with Crippen LogP contribution in [0, 0.1) is 26.7 Å². The molecule has 35 heavy (non-hydrogen) atoms. The van der Waals surface area contributed by atoms with E-state index in [4.69, 9.17) is 0 Å². The average molecular weight is 515 g/mol. The van der Waals surface area contributed by atoms with Crippen molar-refractivity contribution in [3.8, 4) is 5.75 Å². The number of likely N-dealkylation sites (tertiary alicyclic amines) is 1. The minimum atomic E-state index is -0.770. The van der Waals surface area contributed by atoms with E-state index in [2.05, 4.69) is 25.5 Å². The standard InChI is InChI=1S/C9H12O.C7H17NOS.C7H13NO.C4H8O2/c1-6-4-7(2)9(10)8(3)5-6;1-4-6-8(7-5-2)10(3)9;1-7-2-4-8(6-9)5-3-7;1-3-6-4(2)5/h4-5,10H,1-3H3;4-7H2,1-3H3;6-7H,2-5H2,1H3;3H2,1-2H3. The zero-order valence-corrected chi connectivity index (χ0v) is 24.4. The van der Waals surface area contributed by atoms with Gasteiger partial charge in [0.1, 0.15) is 5.75 Å². The molecule has 2 rings (SSSR count). The third kappa shape index (κ3) is 19.0. The summed E-state index contributed by atoms with van der Waals surface area (Å²) in [5, 5.41) is 9.33. The first kappa shape index (κ1) is 35.2. The summed E-state index contributed by atoms with van der Waals surface area (Å²) < 4.78 is 17.4. The topological polar surface area (TPSA) is 87.2 Å². The second-order valence-corrected chi connectivity index (χ2v) is 10.2. The molecule has 0 spiro atoms. The molecule has 1 aromatic rings. The maximum absolute atomic E-state index is 11.0. The molecule has 1 fully saturated rings. The Balaban J connectivity index is 0. The lowest BCUT2D eigenvalue weighted by Crippen LogP contribution is -2.31. The second kappa shape index (κ2) is 21.4.